The number of nitrogen functional groups attached to an aromatic ring is 1. The van der Waals surface area contributed by atoms with E-state index >= 15 is 0 Å². The van der Waals surface area contributed by atoms with Crippen LogP contribution in [0.15, 0.2) is 65.8 Å². The van der Waals surface area contributed by atoms with Crippen LogP contribution < -0.4 is 16.5 Å². The van der Waals surface area contributed by atoms with Gasteiger partial charge in [-0.25, -0.2) is 9.97 Å². The van der Waals surface area contributed by atoms with E-state index < -0.39 is 6.04 Å². The van der Waals surface area contributed by atoms with Crippen molar-refractivity contribution in [3.63, 3.8) is 0 Å². The Hall–Kier alpha value is -4.18. The van der Waals surface area contributed by atoms with E-state index in [-0.39, 0.29) is 5.43 Å². The van der Waals surface area contributed by atoms with Gasteiger partial charge in [-0.1, -0.05) is 24.3 Å². The zero-order valence-corrected chi connectivity index (χ0v) is 16.6. The molecule has 4 rings (SSSR count). The number of aryl methyl sites for hydroxylation is 1. The first kappa shape index (κ1) is 19.2. The second kappa shape index (κ2) is 7.68. The molecule has 2 aromatic heterocycles. The van der Waals surface area contributed by atoms with E-state index in [0.29, 0.717) is 28.0 Å². The fourth-order valence-corrected chi connectivity index (χ4v) is 3.75. The third kappa shape index (κ3) is 3.25. The summed E-state index contributed by atoms with van der Waals surface area (Å²) in [6.07, 6.45) is 2.81. The molecular formula is C23H20N6O. The molecule has 7 heteroatoms. The molecule has 0 spiro atoms. The predicted octanol–water partition coefficient (Wildman–Crippen LogP) is 3.62. The molecule has 2 heterocycles. The molecule has 0 fully saturated rings. The van der Waals surface area contributed by atoms with Crippen molar-refractivity contribution in [1.82, 2.24) is 14.5 Å². The lowest BCUT2D eigenvalue weighted by atomic mass is 9.96. The Morgan fingerprint density at radius 3 is 2.77 bits per heavy atom. The third-order valence-corrected chi connectivity index (χ3v) is 5.12. The summed E-state index contributed by atoms with van der Waals surface area (Å²) in [4.78, 5) is 21.6. The van der Waals surface area contributed by atoms with Gasteiger partial charge < -0.3 is 15.6 Å². The smallest absolute Gasteiger partial charge is 0.195 e. The number of benzene rings is 2. The SMILES string of the molecule is CC(Nc1ncncc1C#N)c1c(-c2cccc(N)c2)n(C)c2ccccc2c1=O. The number of pyridine rings is 1. The lowest BCUT2D eigenvalue weighted by Gasteiger charge is -2.23. The van der Waals surface area contributed by atoms with Crippen LogP contribution in [0.1, 0.15) is 24.1 Å². The molecule has 0 aliphatic heterocycles. The van der Waals surface area contributed by atoms with E-state index in [1.54, 1.807) is 0 Å². The number of fused-ring (bicyclic) bond motifs is 1. The van der Waals surface area contributed by atoms with E-state index in [4.69, 9.17) is 5.73 Å². The minimum Gasteiger partial charge on any atom is -0.399 e. The highest BCUT2D eigenvalue weighted by molar-refractivity contribution is 5.85. The molecule has 7 nitrogen and oxygen atoms in total. The van der Waals surface area contributed by atoms with Crippen LogP contribution in [0.2, 0.25) is 0 Å². The number of nitriles is 1. The van der Waals surface area contributed by atoms with Crippen molar-refractivity contribution in [2.75, 3.05) is 11.1 Å². The third-order valence-electron chi connectivity index (χ3n) is 5.12. The Bertz CT molecular complexity index is 1350. The van der Waals surface area contributed by atoms with Gasteiger partial charge in [0.05, 0.1) is 23.4 Å². The van der Waals surface area contributed by atoms with E-state index in [0.717, 1.165) is 16.8 Å². The minimum absolute atomic E-state index is 0.0753. The summed E-state index contributed by atoms with van der Waals surface area (Å²) in [5, 5.41) is 13.2. The number of nitrogens with zero attached hydrogens (tertiary/aromatic N) is 4. The first-order chi connectivity index (χ1) is 14.5. The van der Waals surface area contributed by atoms with E-state index in [1.807, 2.05) is 67.1 Å². The van der Waals surface area contributed by atoms with Gasteiger partial charge in [0.1, 0.15) is 23.8 Å². The number of nitrogens with two attached hydrogens (primary N) is 1. The summed E-state index contributed by atoms with van der Waals surface area (Å²) in [5.74, 6) is 0.383. The fraction of sp³-hybridized carbons (Fsp3) is 0.130. The number of hydrogen-bond donors (Lipinski definition) is 2. The molecule has 0 radical (unpaired) electrons. The molecule has 0 saturated heterocycles. The monoisotopic (exact) mass is 396 g/mol. The Labute approximate surface area is 173 Å². The van der Waals surface area contributed by atoms with Gasteiger partial charge in [-0.2, -0.15) is 5.26 Å². The molecule has 148 valence electrons. The summed E-state index contributed by atoms with van der Waals surface area (Å²) >= 11 is 0. The van der Waals surface area contributed by atoms with Crippen molar-refractivity contribution < 1.29 is 0 Å². The molecule has 0 aliphatic rings. The Kier molecular flexibility index (Phi) is 4.90. The highest BCUT2D eigenvalue weighted by atomic mass is 16.1. The Morgan fingerprint density at radius 1 is 1.20 bits per heavy atom. The van der Waals surface area contributed by atoms with Crippen LogP contribution >= 0.6 is 0 Å². The summed E-state index contributed by atoms with van der Waals surface area (Å²) in [5.41, 5.74) is 9.88. The van der Waals surface area contributed by atoms with Crippen LogP contribution in [-0.4, -0.2) is 14.5 Å². The number of para-hydroxylation sites is 1. The number of aromatic nitrogens is 3. The summed E-state index contributed by atoms with van der Waals surface area (Å²) in [6.45, 7) is 1.88. The molecule has 0 bridgehead atoms. The highest BCUT2D eigenvalue weighted by Crippen LogP contribution is 2.31. The Balaban J connectivity index is 1.98. The molecule has 0 amide bonds. The van der Waals surface area contributed by atoms with Crippen molar-refractivity contribution >= 4 is 22.4 Å². The second-order valence-electron chi connectivity index (χ2n) is 7.06. The maximum Gasteiger partial charge on any atom is 0.195 e. The van der Waals surface area contributed by atoms with Crippen LogP contribution in [0, 0.1) is 11.3 Å². The zero-order valence-electron chi connectivity index (χ0n) is 16.6. The largest absolute Gasteiger partial charge is 0.399 e. The first-order valence-electron chi connectivity index (χ1n) is 9.45. The van der Waals surface area contributed by atoms with Gasteiger partial charge in [-0.3, -0.25) is 4.79 Å². The van der Waals surface area contributed by atoms with Crippen molar-refractivity contribution in [2.45, 2.75) is 13.0 Å². The summed E-state index contributed by atoms with van der Waals surface area (Å²) in [6, 6.07) is 16.6. The normalized spacial score (nSPS) is 11.8. The lowest BCUT2D eigenvalue weighted by Crippen LogP contribution is -2.23. The molecule has 3 N–H and O–H groups in total. The van der Waals surface area contributed by atoms with Crippen LogP contribution in [0.4, 0.5) is 11.5 Å². The second-order valence-corrected chi connectivity index (χ2v) is 7.06. The summed E-state index contributed by atoms with van der Waals surface area (Å²) < 4.78 is 2.00. The molecule has 1 atom stereocenters. The number of nitrogens with one attached hydrogen (secondary N) is 1. The molecule has 0 saturated carbocycles. The van der Waals surface area contributed by atoms with Crippen LogP contribution in [0.5, 0.6) is 0 Å². The van der Waals surface area contributed by atoms with E-state index in [2.05, 4.69) is 21.4 Å². The van der Waals surface area contributed by atoms with Crippen molar-refractivity contribution in [1.29, 1.82) is 5.26 Å². The van der Waals surface area contributed by atoms with E-state index in [9.17, 15) is 10.1 Å². The quantitative estimate of drug-likeness (QED) is 0.510. The van der Waals surface area contributed by atoms with Gasteiger partial charge in [0.2, 0.25) is 0 Å². The molecule has 2 aromatic carbocycles. The van der Waals surface area contributed by atoms with Gasteiger partial charge in [0.15, 0.2) is 5.43 Å². The maximum atomic E-state index is 13.6. The molecule has 30 heavy (non-hydrogen) atoms. The molecule has 1 unspecified atom stereocenters. The van der Waals surface area contributed by atoms with Gasteiger partial charge in [-0.05, 0) is 31.2 Å². The van der Waals surface area contributed by atoms with Crippen molar-refractivity contribution in [2.24, 2.45) is 7.05 Å². The van der Waals surface area contributed by atoms with Crippen LogP contribution in [0.25, 0.3) is 22.2 Å². The zero-order chi connectivity index (χ0) is 21.3. The number of rotatable bonds is 4. The molecule has 0 aliphatic carbocycles. The average Bonchev–Trinajstić information content (AvgIpc) is 2.76. The van der Waals surface area contributed by atoms with Gasteiger partial charge in [0.25, 0.3) is 0 Å². The van der Waals surface area contributed by atoms with Crippen molar-refractivity contribution in [3.05, 3.63) is 82.4 Å². The number of anilines is 2. The lowest BCUT2D eigenvalue weighted by molar-refractivity contribution is 0.835. The minimum atomic E-state index is -0.424. The standard InChI is InChI=1S/C23H20N6O/c1-14(28-23-16(11-24)12-26-13-27-23)20-21(15-6-5-7-17(25)10-15)29(2)19-9-4-3-8-18(19)22(20)30/h3-10,12-14H,25H2,1-2H3,(H,26,27,28). The Morgan fingerprint density at radius 2 is 2.00 bits per heavy atom. The molecule has 4 aromatic rings. The van der Waals surface area contributed by atoms with Crippen LogP contribution in [0.3, 0.4) is 0 Å². The topological polar surface area (TPSA) is 110 Å². The predicted molar refractivity (Wildman–Crippen MR) is 118 cm³/mol. The van der Waals surface area contributed by atoms with Crippen molar-refractivity contribution in [3.8, 4) is 17.3 Å². The van der Waals surface area contributed by atoms with Gasteiger partial charge >= 0.3 is 0 Å². The maximum absolute atomic E-state index is 13.6. The van der Waals surface area contributed by atoms with Crippen LogP contribution in [-0.2, 0) is 7.05 Å². The fourth-order valence-electron chi connectivity index (χ4n) is 3.75. The highest BCUT2D eigenvalue weighted by Gasteiger charge is 2.22. The first-order valence-corrected chi connectivity index (χ1v) is 9.45. The number of hydrogen-bond acceptors (Lipinski definition) is 6. The average molecular weight is 396 g/mol. The van der Waals surface area contributed by atoms with E-state index in [1.165, 1.54) is 12.5 Å². The molecular weight excluding hydrogens is 376 g/mol. The van der Waals surface area contributed by atoms with Gasteiger partial charge in [-0.15, -0.1) is 0 Å². The van der Waals surface area contributed by atoms with Gasteiger partial charge in [0, 0.05) is 29.2 Å². The summed E-state index contributed by atoms with van der Waals surface area (Å²) in [7, 11) is 1.93.